The highest BCUT2D eigenvalue weighted by molar-refractivity contribution is 5.51. The van der Waals surface area contributed by atoms with Crippen LogP contribution in [0.1, 0.15) is 5.56 Å². The zero-order valence-corrected chi connectivity index (χ0v) is 12.0. The Hall–Kier alpha value is -2.94. The van der Waals surface area contributed by atoms with Gasteiger partial charge in [-0.15, -0.1) is 0 Å². The molecule has 0 heterocycles. The fraction of sp³-hybridized carbons (Fsp3) is 0.0526. The van der Waals surface area contributed by atoms with Gasteiger partial charge < -0.3 is 14.6 Å². The van der Waals surface area contributed by atoms with E-state index in [9.17, 15) is 5.11 Å². The topological polar surface area (TPSA) is 38.7 Å². The smallest absolute Gasteiger partial charge is 0.201 e. The lowest BCUT2D eigenvalue weighted by Gasteiger charge is -2.12. The predicted octanol–water partition coefficient (Wildman–Crippen LogP) is 4.76. The van der Waals surface area contributed by atoms with Crippen LogP contribution >= 0.6 is 0 Å². The van der Waals surface area contributed by atoms with Crippen molar-refractivity contribution in [3.63, 3.8) is 0 Å². The van der Waals surface area contributed by atoms with Crippen molar-refractivity contribution in [2.45, 2.75) is 6.61 Å². The van der Waals surface area contributed by atoms with E-state index < -0.39 is 0 Å². The molecule has 0 unspecified atom stereocenters. The highest BCUT2D eigenvalue weighted by atomic mass is 16.5. The molecule has 0 saturated heterocycles. The minimum absolute atomic E-state index is 0.00211. The van der Waals surface area contributed by atoms with Gasteiger partial charge in [-0.3, -0.25) is 0 Å². The fourth-order valence-electron chi connectivity index (χ4n) is 2.05. The lowest BCUT2D eigenvalue weighted by atomic mass is 10.2. The van der Waals surface area contributed by atoms with Crippen LogP contribution in [-0.2, 0) is 6.61 Å². The maximum Gasteiger partial charge on any atom is 0.201 e. The Balaban J connectivity index is 1.74. The van der Waals surface area contributed by atoms with Crippen molar-refractivity contribution in [3.05, 3.63) is 84.4 Å². The van der Waals surface area contributed by atoms with Gasteiger partial charge in [0.05, 0.1) is 0 Å². The molecule has 1 N–H and O–H groups in total. The van der Waals surface area contributed by atoms with Crippen LogP contribution in [0.25, 0.3) is 0 Å². The molecule has 0 aliphatic rings. The summed E-state index contributed by atoms with van der Waals surface area (Å²) in [4.78, 5) is 0. The molecule has 0 saturated carbocycles. The monoisotopic (exact) mass is 292 g/mol. The van der Waals surface area contributed by atoms with Gasteiger partial charge in [0.2, 0.25) is 5.75 Å². The van der Waals surface area contributed by atoms with Gasteiger partial charge in [-0.25, -0.2) is 0 Å². The molecular weight excluding hydrogens is 276 g/mol. The third-order valence-corrected chi connectivity index (χ3v) is 3.17. The van der Waals surface area contributed by atoms with Crippen molar-refractivity contribution in [3.8, 4) is 23.0 Å². The van der Waals surface area contributed by atoms with Crippen LogP contribution in [0.5, 0.6) is 23.0 Å². The quantitative estimate of drug-likeness (QED) is 0.736. The second-order valence-electron chi connectivity index (χ2n) is 4.79. The molecule has 110 valence electrons. The molecule has 0 amide bonds. The molecule has 3 rings (SSSR count). The average molecular weight is 292 g/mol. The first kappa shape index (κ1) is 14.0. The van der Waals surface area contributed by atoms with E-state index in [0.717, 1.165) is 5.56 Å². The highest BCUT2D eigenvalue weighted by Gasteiger charge is 2.10. The molecule has 3 aromatic carbocycles. The van der Waals surface area contributed by atoms with Crippen molar-refractivity contribution < 1.29 is 14.6 Å². The third-order valence-electron chi connectivity index (χ3n) is 3.17. The van der Waals surface area contributed by atoms with Gasteiger partial charge in [0.15, 0.2) is 11.5 Å². The van der Waals surface area contributed by atoms with E-state index in [1.54, 1.807) is 18.2 Å². The minimum Gasteiger partial charge on any atom is -0.502 e. The predicted molar refractivity (Wildman–Crippen MR) is 85.4 cm³/mol. The van der Waals surface area contributed by atoms with E-state index in [4.69, 9.17) is 9.47 Å². The lowest BCUT2D eigenvalue weighted by Crippen LogP contribution is -1.96. The number of rotatable bonds is 5. The van der Waals surface area contributed by atoms with E-state index in [-0.39, 0.29) is 5.75 Å². The zero-order valence-electron chi connectivity index (χ0n) is 12.0. The van der Waals surface area contributed by atoms with E-state index in [0.29, 0.717) is 23.9 Å². The second kappa shape index (κ2) is 6.68. The molecule has 0 aliphatic heterocycles. The van der Waals surface area contributed by atoms with Gasteiger partial charge in [-0.05, 0) is 29.8 Å². The van der Waals surface area contributed by atoms with Crippen LogP contribution in [0.15, 0.2) is 78.9 Å². The van der Waals surface area contributed by atoms with Crippen molar-refractivity contribution in [2.24, 2.45) is 0 Å². The lowest BCUT2D eigenvalue weighted by molar-refractivity contribution is 0.284. The normalized spacial score (nSPS) is 10.2. The summed E-state index contributed by atoms with van der Waals surface area (Å²) in [5, 5.41) is 10.3. The summed E-state index contributed by atoms with van der Waals surface area (Å²) in [5.41, 5.74) is 1.04. The number of phenolic OH excluding ortho intramolecular Hbond substituents is 1. The average Bonchev–Trinajstić information content (AvgIpc) is 2.58. The highest BCUT2D eigenvalue weighted by Crippen LogP contribution is 2.38. The first-order valence-corrected chi connectivity index (χ1v) is 7.04. The fourth-order valence-corrected chi connectivity index (χ4v) is 2.05. The molecule has 3 nitrogen and oxygen atoms in total. The number of para-hydroxylation sites is 2. The minimum atomic E-state index is 0.00211. The summed E-state index contributed by atoms with van der Waals surface area (Å²) in [7, 11) is 0. The van der Waals surface area contributed by atoms with Crippen molar-refractivity contribution >= 4 is 0 Å². The molecule has 22 heavy (non-hydrogen) atoms. The molecule has 3 aromatic rings. The molecule has 3 heteroatoms. The first-order chi connectivity index (χ1) is 10.8. The van der Waals surface area contributed by atoms with Gasteiger partial charge >= 0.3 is 0 Å². The zero-order chi connectivity index (χ0) is 15.2. The van der Waals surface area contributed by atoms with Crippen LogP contribution in [0.2, 0.25) is 0 Å². The van der Waals surface area contributed by atoms with Crippen molar-refractivity contribution in [2.75, 3.05) is 0 Å². The van der Waals surface area contributed by atoms with Crippen LogP contribution in [-0.4, -0.2) is 5.11 Å². The second-order valence-corrected chi connectivity index (χ2v) is 4.79. The molecule has 0 radical (unpaired) electrons. The SMILES string of the molecule is Oc1c(OCc2ccccc2)cccc1Oc1ccccc1. The van der Waals surface area contributed by atoms with Crippen LogP contribution < -0.4 is 9.47 Å². The molecule has 0 aromatic heterocycles. The van der Waals surface area contributed by atoms with Crippen molar-refractivity contribution in [1.82, 2.24) is 0 Å². The molecule has 0 fully saturated rings. The standard InChI is InChI=1S/C19H16O3/c20-19-17(21-14-15-8-3-1-4-9-15)12-7-13-18(19)22-16-10-5-2-6-11-16/h1-13,20H,14H2. The molecule has 0 bridgehead atoms. The Morgan fingerprint density at radius 3 is 2.05 bits per heavy atom. The molecule has 0 spiro atoms. The van der Waals surface area contributed by atoms with E-state index >= 15 is 0 Å². The summed E-state index contributed by atoms with van der Waals surface area (Å²) in [5.74, 6) is 1.44. The first-order valence-electron chi connectivity index (χ1n) is 7.04. The van der Waals surface area contributed by atoms with Gasteiger partial charge in [0, 0.05) is 0 Å². The number of hydrogen-bond donors (Lipinski definition) is 1. The largest absolute Gasteiger partial charge is 0.502 e. The van der Waals surface area contributed by atoms with Crippen LogP contribution in [0, 0.1) is 0 Å². The van der Waals surface area contributed by atoms with E-state index in [1.807, 2.05) is 60.7 Å². The molecule has 0 aliphatic carbocycles. The van der Waals surface area contributed by atoms with Gasteiger partial charge in [-0.2, -0.15) is 0 Å². The number of benzene rings is 3. The van der Waals surface area contributed by atoms with Crippen LogP contribution in [0.4, 0.5) is 0 Å². The maximum absolute atomic E-state index is 10.3. The summed E-state index contributed by atoms with van der Waals surface area (Å²) in [6, 6.07) is 24.3. The Bertz CT molecular complexity index is 724. The Morgan fingerprint density at radius 1 is 0.682 bits per heavy atom. The van der Waals surface area contributed by atoms with Gasteiger partial charge in [0.1, 0.15) is 12.4 Å². The Labute approximate surface area is 129 Å². The Morgan fingerprint density at radius 2 is 1.32 bits per heavy atom. The third kappa shape index (κ3) is 3.38. The van der Waals surface area contributed by atoms with Gasteiger partial charge in [0.25, 0.3) is 0 Å². The van der Waals surface area contributed by atoms with Crippen LogP contribution in [0.3, 0.4) is 0 Å². The maximum atomic E-state index is 10.3. The number of phenols is 1. The Kier molecular flexibility index (Phi) is 4.25. The van der Waals surface area contributed by atoms with E-state index in [1.165, 1.54) is 0 Å². The summed E-state index contributed by atoms with van der Waals surface area (Å²) < 4.78 is 11.3. The summed E-state index contributed by atoms with van der Waals surface area (Å²) >= 11 is 0. The summed E-state index contributed by atoms with van der Waals surface area (Å²) in [6.45, 7) is 0.392. The van der Waals surface area contributed by atoms with Crippen molar-refractivity contribution in [1.29, 1.82) is 0 Å². The summed E-state index contributed by atoms with van der Waals surface area (Å²) in [6.07, 6.45) is 0. The van der Waals surface area contributed by atoms with Gasteiger partial charge in [-0.1, -0.05) is 54.6 Å². The molecule has 0 atom stereocenters. The van der Waals surface area contributed by atoms with E-state index in [2.05, 4.69) is 0 Å². The molecular formula is C19H16O3. The number of hydrogen-bond acceptors (Lipinski definition) is 3. The number of aromatic hydroxyl groups is 1. The number of ether oxygens (including phenoxy) is 2.